The van der Waals surface area contributed by atoms with Crippen molar-refractivity contribution in [2.75, 3.05) is 25.5 Å². The SMILES string of the molecule is CCN(Cc1ccccc1)C(=O)[C@@H](C)N(C)CC(=O)Nc1c(C)cccc1C. The Bertz CT molecular complexity index is 784. The van der Waals surface area contributed by atoms with E-state index in [1.54, 1.807) is 4.90 Å². The summed E-state index contributed by atoms with van der Waals surface area (Å²) in [5, 5.41) is 2.98. The Morgan fingerprint density at radius 3 is 2.18 bits per heavy atom. The lowest BCUT2D eigenvalue weighted by molar-refractivity contribution is -0.136. The number of carbonyl (C=O) groups excluding carboxylic acids is 2. The third-order valence-corrected chi connectivity index (χ3v) is 5.07. The van der Waals surface area contributed by atoms with Crippen LogP contribution in [0.25, 0.3) is 0 Å². The maximum Gasteiger partial charge on any atom is 0.239 e. The lowest BCUT2D eigenvalue weighted by Gasteiger charge is -2.29. The number of nitrogens with zero attached hydrogens (tertiary/aromatic N) is 2. The van der Waals surface area contributed by atoms with Crippen LogP contribution in [0.15, 0.2) is 48.5 Å². The summed E-state index contributed by atoms with van der Waals surface area (Å²) >= 11 is 0. The van der Waals surface area contributed by atoms with Crippen molar-refractivity contribution in [1.29, 1.82) is 0 Å². The first-order valence-corrected chi connectivity index (χ1v) is 9.72. The normalized spacial score (nSPS) is 11.9. The van der Waals surface area contributed by atoms with Gasteiger partial charge in [0.2, 0.25) is 11.8 Å². The zero-order valence-electron chi connectivity index (χ0n) is 17.5. The number of carbonyl (C=O) groups is 2. The monoisotopic (exact) mass is 381 g/mol. The van der Waals surface area contributed by atoms with Crippen LogP contribution in [0.3, 0.4) is 0 Å². The highest BCUT2D eigenvalue weighted by Crippen LogP contribution is 2.19. The molecular formula is C23H31N3O2. The van der Waals surface area contributed by atoms with E-state index in [-0.39, 0.29) is 24.4 Å². The van der Waals surface area contributed by atoms with Crippen molar-refractivity contribution in [3.05, 3.63) is 65.2 Å². The van der Waals surface area contributed by atoms with Gasteiger partial charge in [0.15, 0.2) is 0 Å². The molecule has 28 heavy (non-hydrogen) atoms. The highest BCUT2D eigenvalue weighted by Gasteiger charge is 2.24. The number of anilines is 1. The van der Waals surface area contributed by atoms with Crippen molar-refractivity contribution in [1.82, 2.24) is 9.80 Å². The maximum absolute atomic E-state index is 12.9. The van der Waals surface area contributed by atoms with Crippen LogP contribution in [0.1, 0.15) is 30.5 Å². The van der Waals surface area contributed by atoms with Gasteiger partial charge >= 0.3 is 0 Å². The molecule has 2 aromatic rings. The van der Waals surface area contributed by atoms with Crippen LogP contribution in [-0.2, 0) is 16.1 Å². The van der Waals surface area contributed by atoms with Crippen LogP contribution in [0.5, 0.6) is 0 Å². The van der Waals surface area contributed by atoms with Gasteiger partial charge in [0.05, 0.1) is 12.6 Å². The second-order valence-electron chi connectivity index (χ2n) is 7.24. The van der Waals surface area contributed by atoms with E-state index >= 15 is 0 Å². The van der Waals surface area contributed by atoms with Crippen molar-refractivity contribution in [2.24, 2.45) is 0 Å². The fourth-order valence-corrected chi connectivity index (χ4v) is 3.16. The second-order valence-corrected chi connectivity index (χ2v) is 7.24. The van der Waals surface area contributed by atoms with Crippen LogP contribution in [0, 0.1) is 13.8 Å². The summed E-state index contributed by atoms with van der Waals surface area (Å²) in [6.45, 7) is 9.12. The minimum absolute atomic E-state index is 0.0220. The van der Waals surface area contributed by atoms with Crippen LogP contribution >= 0.6 is 0 Å². The van der Waals surface area contributed by atoms with Crippen molar-refractivity contribution in [3.63, 3.8) is 0 Å². The van der Waals surface area contributed by atoms with Crippen LogP contribution in [0.4, 0.5) is 5.69 Å². The number of benzene rings is 2. The standard InChI is InChI=1S/C23H31N3O2/c1-6-26(15-20-13-8-7-9-14-20)23(28)19(4)25(5)16-21(27)24-22-17(2)11-10-12-18(22)3/h7-14,19H,6,15-16H2,1-5H3,(H,24,27)/t19-/m1/s1. The van der Waals surface area contributed by atoms with Crippen LogP contribution in [0.2, 0.25) is 0 Å². The quantitative estimate of drug-likeness (QED) is 0.760. The van der Waals surface area contributed by atoms with Gasteiger partial charge in [-0.1, -0.05) is 48.5 Å². The topological polar surface area (TPSA) is 52.7 Å². The Hall–Kier alpha value is -2.66. The van der Waals surface area contributed by atoms with Gasteiger partial charge in [-0.2, -0.15) is 0 Å². The lowest BCUT2D eigenvalue weighted by atomic mass is 10.1. The number of amides is 2. The van der Waals surface area contributed by atoms with Crippen molar-refractivity contribution in [2.45, 2.75) is 40.3 Å². The predicted octanol–water partition coefficient (Wildman–Crippen LogP) is 3.61. The number of likely N-dealkylation sites (N-methyl/N-ethyl adjacent to an activating group) is 2. The first kappa shape index (κ1) is 21.6. The summed E-state index contributed by atoms with van der Waals surface area (Å²) in [5.41, 5.74) is 4.00. The van der Waals surface area contributed by atoms with E-state index in [4.69, 9.17) is 0 Å². The Balaban J connectivity index is 1.97. The average Bonchev–Trinajstić information content (AvgIpc) is 2.68. The predicted molar refractivity (Wildman–Crippen MR) is 114 cm³/mol. The number of para-hydroxylation sites is 1. The first-order valence-electron chi connectivity index (χ1n) is 9.72. The van der Waals surface area contributed by atoms with Gasteiger partial charge in [-0.3, -0.25) is 14.5 Å². The van der Waals surface area contributed by atoms with Gasteiger partial charge in [-0.25, -0.2) is 0 Å². The molecule has 1 atom stereocenters. The molecule has 0 aliphatic rings. The van der Waals surface area contributed by atoms with Crippen molar-refractivity contribution < 1.29 is 9.59 Å². The molecule has 5 heteroatoms. The van der Waals surface area contributed by atoms with Gasteiger partial charge in [-0.15, -0.1) is 0 Å². The van der Waals surface area contributed by atoms with E-state index < -0.39 is 0 Å². The van der Waals surface area contributed by atoms with E-state index in [2.05, 4.69) is 5.32 Å². The first-order chi connectivity index (χ1) is 13.3. The molecule has 0 saturated carbocycles. The van der Waals surface area contributed by atoms with E-state index in [1.165, 1.54) is 0 Å². The van der Waals surface area contributed by atoms with E-state index in [9.17, 15) is 9.59 Å². The fraction of sp³-hybridized carbons (Fsp3) is 0.391. The summed E-state index contributed by atoms with van der Waals surface area (Å²) in [6, 6.07) is 15.5. The molecule has 0 bridgehead atoms. The highest BCUT2D eigenvalue weighted by molar-refractivity contribution is 5.94. The number of hydrogen-bond donors (Lipinski definition) is 1. The second kappa shape index (κ2) is 10.0. The maximum atomic E-state index is 12.9. The minimum atomic E-state index is -0.382. The molecule has 2 aromatic carbocycles. The molecule has 0 aliphatic heterocycles. The van der Waals surface area contributed by atoms with Gasteiger partial charge in [0.1, 0.15) is 0 Å². The van der Waals surface area contributed by atoms with Crippen molar-refractivity contribution >= 4 is 17.5 Å². The molecule has 0 aliphatic carbocycles. The number of nitrogens with one attached hydrogen (secondary N) is 1. The van der Waals surface area contributed by atoms with Crippen molar-refractivity contribution in [3.8, 4) is 0 Å². The molecule has 0 heterocycles. The molecule has 1 N–H and O–H groups in total. The molecule has 0 fully saturated rings. The molecular weight excluding hydrogens is 350 g/mol. The van der Waals surface area contributed by atoms with Crippen LogP contribution < -0.4 is 5.32 Å². The van der Waals surface area contributed by atoms with Gasteiger partial charge in [0.25, 0.3) is 0 Å². The third-order valence-electron chi connectivity index (χ3n) is 5.07. The van der Waals surface area contributed by atoms with E-state index in [0.29, 0.717) is 13.1 Å². The Labute approximate surface area is 168 Å². The Morgan fingerprint density at radius 2 is 1.61 bits per heavy atom. The molecule has 150 valence electrons. The lowest BCUT2D eigenvalue weighted by Crippen LogP contribution is -2.47. The molecule has 2 rings (SSSR count). The van der Waals surface area contributed by atoms with E-state index in [0.717, 1.165) is 22.4 Å². The molecule has 0 spiro atoms. The third kappa shape index (κ3) is 5.67. The largest absolute Gasteiger partial charge is 0.337 e. The smallest absolute Gasteiger partial charge is 0.239 e. The Morgan fingerprint density at radius 1 is 1.00 bits per heavy atom. The summed E-state index contributed by atoms with van der Waals surface area (Å²) in [4.78, 5) is 29.0. The zero-order chi connectivity index (χ0) is 20.7. The van der Waals surface area contributed by atoms with E-state index in [1.807, 2.05) is 88.2 Å². The number of hydrogen-bond acceptors (Lipinski definition) is 3. The van der Waals surface area contributed by atoms with Gasteiger partial charge in [-0.05, 0) is 51.4 Å². The number of aryl methyl sites for hydroxylation is 2. The average molecular weight is 382 g/mol. The summed E-state index contributed by atoms with van der Waals surface area (Å²) in [6.07, 6.45) is 0. The summed E-state index contributed by atoms with van der Waals surface area (Å²) < 4.78 is 0. The van der Waals surface area contributed by atoms with Gasteiger partial charge < -0.3 is 10.2 Å². The summed E-state index contributed by atoms with van der Waals surface area (Å²) in [7, 11) is 1.81. The summed E-state index contributed by atoms with van der Waals surface area (Å²) in [5.74, 6) is -0.0978. The molecule has 0 unspecified atom stereocenters. The highest BCUT2D eigenvalue weighted by atomic mass is 16.2. The number of rotatable bonds is 8. The fourth-order valence-electron chi connectivity index (χ4n) is 3.16. The van der Waals surface area contributed by atoms with Crippen LogP contribution in [-0.4, -0.2) is 47.8 Å². The molecule has 0 aromatic heterocycles. The molecule has 5 nitrogen and oxygen atoms in total. The zero-order valence-corrected chi connectivity index (χ0v) is 17.5. The molecule has 0 saturated heterocycles. The molecule has 2 amide bonds. The Kier molecular flexibility index (Phi) is 7.76. The molecule has 0 radical (unpaired) electrons. The van der Waals surface area contributed by atoms with Gasteiger partial charge in [0, 0.05) is 18.8 Å². The minimum Gasteiger partial charge on any atom is -0.337 e.